The summed E-state index contributed by atoms with van der Waals surface area (Å²) in [6, 6.07) is 10.9. The van der Waals surface area contributed by atoms with Crippen LogP contribution in [0.4, 0.5) is 5.82 Å². The van der Waals surface area contributed by atoms with Crippen LogP contribution in [0.1, 0.15) is 43.4 Å². The molecule has 0 bridgehead atoms. The number of ether oxygens (including phenoxy) is 2. The highest BCUT2D eigenvalue weighted by atomic mass is 16.5. The fourth-order valence-electron chi connectivity index (χ4n) is 4.45. The second-order valence-corrected chi connectivity index (χ2v) is 7.99. The van der Waals surface area contributed by atoms with E-state index in [1.807, 2.05) is 38.1 Å². The molecule has 2 aliphatic rings. The van der Waals surface area contributed by atoms with E-state index in [2.05, 4.69) is 15.6 Å². The molecule has 1 aromatic carbocycles. The number of pyridine rings is 1. The largest absolute Gasteiger partial charge is 0.497 e. The zero-order valence-electron chi connectivity index (χ0n) is 18.7. The van der Waals surface area contributed by atoms with Crippen LogP contribution in [-0.2, 0) is 9.59 Å². The first-order valence-corrected chi connectivity index (χ1v) is 10.6. The molecule has 1 aliphatic carbocycles. The van der Waals surface area contributed by atoms with Crippen molar-refractivity contribution in [3.63, 3.8) is 0 Å². The Morgan fingerprint density at radius 3 is 2.66 bits per heavy atom. The molecule has 7 heteroatoms. The number of aromatic nitrogens is 1. The van der Waals surface area contributed by atoms with Crippen LogP contribution < -0.4 is 20.1 Å². The van der Waals surface area contributed by atoms with Gasteiger partial charge >= 0.3 is 0 Å². The van der Waals surface area contributed by atoms with E-state index in [1.54, 1.807) is 26.4 Å². The summed E-state index contributed by atoms with van der Waals surface area (Å²) in [6.45, 7) is 3.73. The van der Waals surface area contributed by atoms with Gasteiger partial charge in [0, 0.05) is 46.3 Å². The predicted molar refractivity (Wildman–Crippen MR) is 122 cm³/mol. The van der Waals surface area contributed by atoms with Gasteiger partial charge in [-0.1, -0.05) is 12.1 Å². The highest BCUT2D eigenvalue weighted by molar-refractivity contribution is 6.09. The Kier molecular flexibility index (Phi) is 5.99. The monoisotopic (exact) mass is 433 g/mol. The Morgan fingerprint density at radius 2 is 1.94 bits per heavy atom. The highest BCUT2D eigenvalue weighted by Crippen LogP contribution is 2.45. The first-order valence-electron chi connectivity index (χ1n) is 10.6. The summed E-state index contributed by atoms with van der Waals surface area (Å²) in [5.41, 5.74) is 4.26. The summed E-state index contributed by atoms with van der Waals surface area (Å²) in [7, 11) is 3.16. The van der Waals surface area contributed by atoms with Crippen LogP contribution in [0.3, 0.4) is 0 Å². The number of amides is 1. The normalized spacial score (nSPS) is 18.1. The number of allylic oxidation sites excluding steroid dienone is 3. The fourth-order valence-corrected chi connectivity index (χ4v) is 4.45. The molecule has 1 atom stereocenters. The number of nitrogens with one attached hydrogen (secondary N) is 2. The molecule has 0 spiro atoms. The van der Waals surface area contributed by atoms with Crippen molar-refractivity contribution in [3.8, 4) is 11.5 Å². The number of hydrogen-bond acceptors (Lipinski definition) is 6. The molecule has 0 saturated carbocycles. The van der Waals surface area contributed by atoms with E-state index in [0.29, 0.717) is 40.6 Å². The van der Waals surface area contributed by atoms with Crippen molar-refractivity contribution in [2.24, 2.45) is 0 Å². The third-order valence-electron chi connectivity index (χ3n) is 5.90. The Balaban J connectivity index is 1.84. The van der Waals surface area contributed by atoms with Gasteiger partial charge < -0.3 is 20.1 Å². The number of Topliss-reactive ketones (excluding diaryl/α,β-unsaturated/α-hetero) is 1. The zero-order valence-corrected chi connectivity index (χ0v) is 18.7. The first-order chi connectivity index (χ1) is 15.4. The van der Waals surface area contributed by atoms with Crippen molar-refractivity contribution >= 4 is 17.5 Å². The van der Waals surface area contributed by atoms with E-state index in [9.17, 15) is 9.59 Å². The number of benzene rings is 1. The predicted octanol–water partition coefficient (Wildman–Crippen LogP) is 4.01. The van der Waals surface area contributed by atoms with Gasteiger partial charge in [0.25, 0.3) is 5.91 Å². The minimum absolute atomic E-state index is 0.0492. The number of anilines is 1. The van der Waals surface area contributed by atoms with E-state index in [1.165, 1.54) is 0 Å². The van der Waals surface area contributed by atoms with Crippen molar-refractivity contribution in [1.29, 1.82) is 0 Å². The highest BCUT2D eigenvalue weighted by Gasteiger charge is 2.39. The van der Waals surface area contributed by atoms with Gasteiger partial charge in [0.1, 0.15) is 17.3 Å². The SMILES string of the molecule is COc1ccc([C@H]2C(C(=O)Nc3cccc(C)n3)=C(C)NC3=C2C(=O)CCC3)c(OC)c1. The van der Waals surface area contributed by atoms with Gasteiger partial charge in [0.15, 0.2) is 5.78 Å². The lowest BCUT2D eigenvalue weighted by atomic mass is 9.74. The maximum atomic E-state index is 13.5. The smallest absolute Gasteiger partial charge is 0.255 e. The molecule has 0 radical (unpaired) electrons. The number of rotatable bonds is 5. The zero-order chi connectivity index (χ0) is 22.8. The third kappa shape index (κ3) is 3.98. The van der Waals surface area contributed by atoms with E-state index in [0.717, 1.165) is 29.8 Å². The van der Waals surface area contributed by atoms with Crippen molar-refractivity contribution < 1.29 is 19.1 Å². The average Bonchev–Trinajstić information content (AvgIpc) is 2.77. The molecule has 0 saturated heterocycles. The minimum atomic E-state index is -0.551. The molecular formula is C25H27N3O4. The van der Waals surface area contributed by atoms with Gasteiger partial charge in [-0.15, -0.1) is 0 Å². The molecule has 1 amide bonds. The molecule has 1 aromatic heterocycles. The van der Waals surface area contributed by atoms with E-state index in [-0.39, 0.29) is 11.7 Å². The molecular weight excluding hydrogens is 406 g/mol. The van der Waals surface area contributed by atoms with Gasteiger partial charge in [-0.3, -0.25) is 9.59 Å². The third-order valence-corrected chi connectivity index (χ3v) is 5.90. The summed E-state index contributed by atoms with van der Waals surface area (Å²) < 4.78 is 11.0. The lowest BCUT2D eigenvalue weighted by Crippen LogP contribution is -2.35. The number of dihydropyridines is 1. The number of carbonyl (C=O) groups excluding carboxylic acids is 2. The maximum Gasteiger partial charge on any atom is 0.255 e. The van der Waals surface area contributed by atoms with Crippen molar-refractivity contribution in [2.45, 2.75) is 39.0 Å². The number of hydrogen-bond donors (Lipinski definition) is 2. The molecule has 166 valence electrons. The van der Waals surface area contributed by atoms with Gasteiger partial charge in [-0.05, 0) is 44.9 Å². The minimum Gasteiger partial charge on any atom is -0.497 e. The van der Waals surface area contributed by atoms with Crippen LogP contribution in [0.2, 0.25) is 0 Å². The number of nitrogens with zero attached hydrogens (tertiary/aromatic N) is 1. The van der Waals surface area contributed by atoms with Crippen LogP contribution in [-0.4, -0.2) is 30.9 Å². The Bertz CT molecular complexity index is 1150. The maximum absolute atomic E-state index is 13.5. The molecule has 2 heterocycles. The van der Waals surface area contributed by atoms with Crippen molar-refractivity contribution in [3.05, 3.63) is 70.2 Å². The molecule has 0 unspecified atom stereocenters. The second-order valence-electron chi connectivity index (χ2n) is 7.99. The summed E-state index contributed by atoms with van der Waals surface area (Å²) in [5.74, 6) is 0.858. The quantitative estimate of drug-likeness (QED) is 0.741. The molecule has 0 fully saturated rings. The fraction of sp³-hybridized carbons (Fsp3) is 0.320. The Morgan fingerprint density at radius 1 is 1.12 bits per heavy atom. The summed E-state index contributed by atoms with van der Waals surface area (Å²) >= 11 is 0. The topological polar surface area (TPSA) is 89.5 Å². The standard InChI is InChI=1S/C25H27N3O4/c1-14-7-5-10-21(26-14)28-25(30)22-15(2)27-18-8-6-9-19(29)24(18)23(22)17-12-11-16(31-3)13-20(17)32-4/h5,7,10-13,23,27H,6,8-9H2,1-4H3,(H,26,28,30)/t23-/m0/s1. The lowest BCUT2D eigenvalue weighted by molar-refractivity contribution is -0.116. The van der Waals surface area contributed by atoms with Crippen molar-refractivity contribution in [1.82, 2.24) is 10.3 Å². The Labute approximate surface area is 187 Å². The van der Waals surface area contributed by atoms with Gasteiger partial charge in [0.2, 0.25) is 0 Å². The van der Waals surface area contributed by atoms with Crippen LogP contribution in [0.5, 0.6) is 11.5 Å². The van der Waals surface area contributed by atoms with Crippen LogP contribution in [0.25, 0.3) is 0 Å². The molecule has 32 heavy (non-hydrogen) atoms. The van der Waals surface area contributed by atoms with E-state index < -0.39 is 5.92 Å². The molecule has 1 aliphatic heterocycles. The van der Waals surface area contributed by atoms with Gasteiger partial charge in [0.05, 0.1) is 20.1 Å². The summed E-state index contributed by atoms with van der Waals surface area (Å²) in [5, 5.41) is 6.23. The summed E-state index contributed by atoms with van der Waals surface area (Å²) in [6.07, 6.45) is 2.02. The van der Waals surface area contributed by atoms with Crippen molar-refractivity contribution in [2.75, 3.05) is 19.5 Å². The van der Waals surface area contributed by atoms with Gasteiger partial charge in [-0.25, -0.2) is 4.98 Å². The number of aryl methyl sites for hydroxylation is 1. The lowest BCUT2D eigenvalue weighted by Gasteiger charge is -2.35. The number of methoxy groups -OCH3 is 2. The Hall–Kier alpha value is -3.61. The van der Waals surface area contributed by atoms with Crippen LogP contribution >= 0.6 is 0 Å². The first kappa shape index (κ1) is 21.6. The second kappa shape index (κ2) is 8.86. The van der Waals surface area contributed by atoms with Crippen LogP contribution in [0, 0.1) is 6.92 Å². The number of ketones is 1. The molecule has 4 rings (SSSR count). The summed E-state index contributed by atoms with van der Waals surface area (Å²) in [4.78, 5) is 31.0. The molecule has 7 nitrogen and oxygen atoms in total. The number of carbonyl (C=O) groups is 2. The van der Waals surface area contributed by atoms with E-state index in [4.69, 9.17) is 9.47 Å². The van der Waals surface area contributed by atoms with Crippen LogP contribution in [0.15, 0.2) is 58.9 Å². The molecule has 2 aromatic rings. The van der Waals surface area contributed by atoms with Gasteiger partial charge in [-0.2, -0.15) is 0 Å². The van der Waals surface area contributed by atoms with E-state index >= 15 is 0 Å². The average molecular weight is 434 g/mol. The molecule has 2 N–H and O–H groups in total.